The van der Waals surface area contributed by atoms with E-state index in [9.17, 15) is 18.0 Å². The zero-order chi connectivity index (χ0) is 23.8. The number of hydrogen-bond donors (Lipinski definition) is 0. The minimum absolute atomic E-state index is 0.366. The Morgan fingerprint density at radius 1 is 0.848 bits per heavy atom. The molecule has 0 bridgehead atoms. The molecule has 0 N–H and O–H groups in total. The lowest BCUT2D eigenvalue weighted by molar-refractivity contribution is -0.137. The van der Waals surface area contributed by atoms with E-state index in [2.05, 4.69) is 0 Å². The SMILES string of the molecule is CC(C)(C)N(C(=O)Oc1ccccc1)n1c(-c2ccccc2)cc2cc(C(F)(F)F)ccc21. The standard InChI is InChI=1S/C26H23F3N2O2/c1-25(2,3)31(24(32)33-21-12-8-5-9-13-21)30-22-15-14-20(26(27,28)29)16-19(22)17-23(30)18-10-6-4-7-11-18/h4-17H,1-3H3. The van der Waals surface area contributed by atoms with Crippen LogP contribution in [0.3, 0.4) is 0 Å². The number of halogens is 3. The monoisotopic (exact) mass is 452 g/mol. The van der Waals surface area contributed by atoms with Gasteiger partial charge in [-0.2, -0.15) is 13.2 Å². The number of rotatable bonds is 3. The van der Waals surface area contributed by atoms with Crippen LogP contribution in [-0.2, 0) is 6.18 Å². The van der Waals surface area contributed by atoms with E-state index in [1.165, 1.54) is 11.1 Å². The minimum Gasteiger partial charge on any atom is -0.409 e. The van der Waals surface area contributed by atoms with Crippen LogP contribution in [0.5, 0.6) is 5.75 Å². The third-order valence-electron chi connectivity index (χ3n) is 5.13. The molecular weight excluding hydrogens is 429 g/mol. The average molecular weight is 452 g/mol. The predicted molar refractivity (Wildman–Crippen MR) is 123 cm³/mol. The molecule has 0 radical (unpaired) electrons. The first-order chi connectivity index (χ1) is 15.6. The van der Waals surface area contributed by atoms with Crippen molar-refractivity contribution in [3.05, 3.63) is 90.5 Å². The number of fused-ring (bicyclic) bond motifs is 1. The molecule has 0 unspecified atom stereocenters. The molecule has 170 valence electrons. The molecule has 0 aliphatic carbocycles. The smallest absolute Gasteiger partial charge is 0.409 e. The number of hydrogen-bond acceptors (Lipinski definition) is 2. The summed E-state index contributed by atoms with van der Waals surface area (Å²) in [6.07, 6.45) is -5.12. The molecular formula is C26H23F3N2O2. The fourth-order valence-corrected chi connectivity index (χ4v) is 3.70. The summed E-state index contributed by atoms with van der Waals surface area (Å²) < 4.78 is 47.4. The van der Waals surface area contributed by atoms with Crippen LogP contribution in [0.1, 0.15) is 26.3 Å². The van der Waals surface area contributed by atoms with Crippen LogP contribution >= 0.6 is 0 Å². The van der Waals surface area contributed by atoms with Gasteiger partial charge in [-0.15, -0.1) is 0 Å². The number of amides is 1. The van der Waals surface area contributed by atoms with Crippen LogP contribution in [0.25, 0.3) is 22.2 Å². The van der Waals surface area contributed by atoms with Gasteiger partial charge in [0, 0.05) is 10.9 Å². The van der Waals surface area contributed by atoms with Crippen molar-refractivity contribution in [3.8, 4) is 17.0 Å². The number of alkyl halides is 3. The summed E-state index contributed by atoms with van der Waals surface area (Å²) in [6, 6.07) is 23.0. The number of ether oxygens (including phenoxy) is 1. The van der Waals surface area contributed by atoms with Crippen LogP contribution in [-0.4, -0.2) is 16.3 Å². The fourth-order valence-electron chi connectivity index (χ4n) is 3.70. The molecule has 3 aromatic carbocycles. The molecule has 4 aromatic rings. The van der Waals surface area contributed by atoms with E-state index >= 15 is 0 Å². The Labute approximate surface area is 189 Å². The third kappa shape index (κ3) is 4.58. The van der Waals surface area contributed by atoms with Crippen molar-refractivity contribution >= 4 is 17.0 Å². The highest BCUT2D eigenvalue weighted by Crippen LogP contribution is 2.36. The molecule has 1 aromatic heterocycles. The lowest BCUT2D eigenvalue weighted by Crippen LogP contribution is -2.54. The summed E-state index contributed by atoms with van der Waals surface area (Å²) in [5.74, 6) is 0.369. The maximum atomic E-state index is 13.4. The summed E-state index contributed by atoms with van der Waals surface area (Å²) >= 11 is 0. The van der Waals surface area contributed by atoms with Gasteiger partial charge < -0.3 is 4.74 Å². The zero-order valence-corrected chi connectivity index (χ0v) is 18.4. The largest absolute Gasteiger partial charge is 0.435 e. The number of benzene rings is 3. The van der Waals surface area contributed by atoms with Gasteiger partial charge >= 0.3 is 12.3 Å². The maximum absolute atomic E-state index is 13.4. The van der Waals surface area contributed by atoms with Gasteiger partial charge in [0.05, 0.1) is 22.3 Å². The molecule has 0 spiro atoms. The van der Waals surface area contributed by atoms with Gasteiger partial charge in [-0.25, -0.2) is 14.5 Å². The first-order valence-electron chi connectivity index (χ1n) is 10.4. The normalized spacial score (nSPS) is 12.1. The molecule has 4 rings (SSSR count). The highest BCUT2D eigenvalue weighted by atomic mass is 19.4. The molecule has 1 amide bonds. The fraction of sp³-hybridized carbons (Fsp3) is 0.192. The van der Waals surface area contributed by atoms with Gasteiger partial charge in [-0.05, 0) is 57.2 Å². The van der Waals surface area contributed by atoms with E-state index in [1.807, 2.05) is 57.2 Å². The summed E-state index contributed by atoms with van der Waals surface area (Å²) in [7, 11) is 0. The number of para-hydroxylation sites is 1. The molecule has 4 nitrogen and oxygen atoms in total. The van der Waals surface area contributed by atoms with Gasteiger partial charge in [-0.1, -0.05) is 48.5 Å². The first-order valence-corrected chi connectivity index (χ1v) is 10.4. The Morgan fingerprint density at radius 2 is 1.45 bits per heavy atom. The number of aromatic nitrogens is 1. The highest BCUT2D eigenvalue weighted by Gasteiger charge is 2.35. The molecule has 0 aliphatic heterocycles. The maximum Gasteiger partial charge on any atom is 0.435 e. The van der Waals surface area contributed by atoms with E-state index in [0.717, 1.165) is 17.7 Å². The van der Waals surface area contributed by atoms with Gasteiger partial charge in [-0.3, -0.25) is 0 Å². The van der Waals surface area contributed by atoms with Crippen molar-refractivity contribution in [3.63, 3.8) is 0 Å². The third-order valence-corrected chi connectivity index (χ3v) is 5.13. The highest BCUT2D eigenvalue weighted by molar-refractivity contribution is 5.92. The zero-order valence-electron chi connectivity index (χ0n) is 18.4. The summed E-state index contributed by atoms with van der Waals surface area (Å²) in [5.41, 5.74) is 0.279. The molecule has 1 heterocycles. The summed E-state index contributed by atoms with van der Waals surface area (Å²) in [6.45, 7) is 5.51. The Kier molecular flexibility index (Phi) is 5.66. The molecule has 0 aliphatic rings. The van der Waals surface area contributed by atoms with Crippen molar-refractivity contribution < 1.29 is 22.7 Å². The second-order valence-corrected chi connectivity index (χ2v) is 8.64. The molecule has 33 heavy (non-hydrogen) atoms. The van der Waals surface area contributed by atoms with Crippen LogP contribution < -0.4 is 9.75 Å². The van der Waals surface area contributed by atoms with Crippen LogP contribution in [0.2, 0.25) is 0 Å². The van der Waals surface area contributed by atoms with Crippen molar-refractivity contribution in [2.24, 2.45) is 0 Å². The van der Waals surface area contributed by atoms with Crippen molar-refractivity contribution in [2.75, 3.05) is 5.01 Å². The average Bonchev–Trinajstić information content (AvgIpc) is 3.12. The quantitative estimate of drug-likeness (QED) is 0.328. The van der Waals surface area contributed by atoms with Crippen LogP contribution in [0.4, 0.5) is 18.0 Å². The summed E-state index contributed by atoms with van der Waals surface area (Å²) in [4.78, 5) is 13.4. The first kappa shape index (κ1) is 22.5. The van der Waals surface area contributed by atoms with Gasteiger partial charge in [0.2, 0.25) is 0 Å². The lowest BCUT2D eigenvalue weighted by atomic mass is 10.1. The lowest BCUT2D eigenvalue weighted by Gasteiger charge is -2.37. The molecule has 0 saturated heterocycles. The molecule has 0 saturated carbocycles. The second kappa shape index (κ2) is 8.31. The molecule has 0 fully saturated rings. The van der Waals surface area contributed by atoms with Crippen LogP contribution in [0, 0.1) is 0 Å². The Balaban J connectivity index is 1.94. The van der Waals surface area contributed by atoms with E-state index < -0.39 is 23.4 Å². The number of carbonyl (C=O) groups is 1. The Bertz CT molecular complexity index is 1270. The molecule has 7 heteroatoms. The Morgan fingerprint density at radius 3 is 2.03 bits per heavy atom. The molecule has 0 atom stereocenters. The predicted octanol–water partition coefficient (Wildman–Crippen LogP) is 7.26. The van der Waals surface area contributed by atoms with Gasteiger partial charge in [0.15, 0.2) is 0 Å². The number of nitrogens with zero attached hydrogens (tertiary/aromatic N) is 2. The van der Waals surface area contributed by atoms with Crippen molar-refractivity contribution in [1.82, 2.24) is 4.68 Å². The minimum atomic E-state index is -4.47. The van der Waals surface area contributed by atoms with Crippen molar-refractivity contribution in [2.45, 2.75) is 32.5 Å². The van der Waals surface area contributed by atoms with Crippen LogP contribution in [0.15, 0.2) is 84.9 Å². The van der Waals surface area contributed by atoms with E-state index in [-0.39, 0.29) is 0 Å². The van der Waals surface area contributed by atoms with E-state index in [1.54, 1.807) is 35.0 Å². The topological polar surface area (TPSA) is 34.5 Å². The van der Waals surface area contributed by atoms with E-state index in [0.29, 0.717) is 22.3 Å². The van der Waals surface area contributed by atoms with Gasteiger partial charge in [0.1, 0.15) is 5.75 Å². The Hall–Kier alpha value is -3.74. The summed E-state index contributed by atoms with van der Waals surface area (Å²) in [5, 5.41) is 1.79. The van der Waals surface area contributed by atoms with Crippen molar-refractivity contribution in [1.29, 1.82) is 0 Å². The van der Waals surface area contributed by atoms with E-state index in [4.69, 9.17) is 4.74 Å². The second-order valence-electron chi connectivity index (χ2n) is 8.64. The number of carbonyl (C=O) groups excluding carboxylic acids is 1. The van der Waals surface area contributed by atoms with Gasteiger partial charge in [0.25, 0.3) is 0 Å².